The molecule has 0 saturated carbocycles. The van der Waals surface area contributed by atoms with Gasteiger partial charge in [0.2, 0.25) is 0 Å². The van der Waals surface area contributed by atoms with E-state index < -0.39 is 0 Å². The minimum Gasteiger partial charge on any atom is -0.396 e. The molecule has 1 amide bonds. The molecule has 0 bridgehead atoms. The van der Waals surface area contributed by atoms with Gasteiger partial charge in [0, 0.05) is 18.7 Å². The molecule has 0 radical (unpaired) electrons. The summed E-state index contributed by atoms with van der Waals surface area (Å²) in [5.74, 6) is -0.0268. The number of aliphatic hydroxyl groups is 1. The van der Waals surface area contributed by atoms with Crippen LogP contribution in [0.15, 0.2) is 24.3 Å². The Hall–Kier alpha value is -1.39. The molecule has 0 aliphatic heterocycles. The number of hydrogen-bond acceptors (Lipinski definition) is 3. The Bertz CT molecular complexity index is 380. The van der Waals surface area contributed by atoms with Crippen molar-refractivity contribution in [3.05, 3.63) is 35.4 Å². The Morgan fingerprint density at radius 3 is 2.79 bits per heavy atom. The molecule has 0 unspecified atom stereocenters. The van der Waals surface area contributed by atoms with Gasteiger partial charge in [-0.3, -0.25) is 4.79 Å². The van der Waals surface area contributed by atoms with Crippen molar-refractivity contribution in [2.24, 2.45) is 5.73 Å². The van der Waals surface area contributed by atoms with E-state index in [4.69, 9.17) is 10.8 Å². The van der Waals surface area contributed by atoms with E-state index in [1.54, 1.807) is 0 Å². The molecule has 0 saturated heterocycles. The quantitative estimate of drug-likeness (QED) is 0.591. The Morgan fingerprint density at radius 1 is 1.21 bits per heavy atom. The fraction of sp³-hybridized carbons (Fsp3) is 0.533. The largest absolute Gasteiger partial charge is 0.396 e. The average Bonchev–Trinajstić information content (AvgIpc) is 2.44. The van der Waals surface area contributed by atoms with Gasteiger partial charge in [-0.1, -0.05) is 12.1 Å². The molecule has 19 heavy (non-hydrogen) atoms. The van der Waals surface area contributed by atoms with Crippen LogP contribution in [0.5, 0.6) is 0 Å². The van der Waals surface area contributed by atoms with E-state index in [-0.39, 0.29) is 12.5 Å². The van der Waals surface area contributed by atoms with Crippen LogP contribution >= 0.6 is 0 Å². The third kappa shape index (κ3) is 6.36. The molecule has 4 N–H and O–H groups in total. The van der Waals surface area contributed by atoms with Crippen LogP contribution in [0.3, 0.4) is 0 Å². The molecule has 0 heterocycles. The number of nitrogens with two attached hydrogens (primary N) is 1. The number of hydrogen-bond donors (Lipinski definition) is 3. The lowest BCUT2D eigenvalue weighted by molar-refractivity contribution is 0.0953. The molecular formula is C15H24N2O2. The van der Waals surface area contributed by atoms with E-state index in [9.17, 15) is 4.79 Å². The van der Waals surface area contributed by atoms with Gasteiger partial charge in [0.15, 0.2) is 0 Å². The summed E-state index contributed by atoms with van der Waals surface area (Å²) in [6.45, 7) is 1.56. The first-order valence-electron chi connectivity index (χ1n) is 6.96. The number of unbranched alkanes of at least 4 members (excludes halogenated alkanes) is 2. The minimum absolute atomic E-state index is 0.0268. The van der Waals surface area contributed by atoms with Crippen LogP contribution in [0.1, 0.15) is 41.6 Å². The lowest BCUT2D eigenvalue weighted by atomic mass is 10.0. The highest BCUT2D eigenvalue weighted by Gasteiger charge is 2.05. The number of carbonyl (C=O) groups excluding carboxylic acids is 1. The monoisotopic (exact) mass is 264 g/mol. The average molecular weight is 264 g/mol. The summed E-state index contributed by atoms with van der Waals surface area (Å²) >= 11 is 0. The molecule has 0 atom stereocenters. The van der Waals surface area contributed by atoms with E-state index in [0.29, 0.717) is 18.7 Å². The van der Waals surface area contributed by atoms with Crippen molar-refractivity contribution in [1.29, 1.82) is 0 Å². The van der Waals surface area contributed by atoms with Crippen LogP contribution in [0, 0.1) is 0 Å². The predicted octanol–water partition coefficient (Wildman–Crippen LogP) is 1.47. The predicted molar refractivity (Wildman–Crippen MR) is 77.1 cm³/mol. The number of carbonyl (C=O) groups is 1. The number of rotatable bonds is 9. The molecule has 0 aliphatic rings. The van der Waals surface area contributed by atoms with E-state index in [1.807, 2.05) is 24.3 Å². The summed E-state index contributed by atoms with van der Waals surface area (Å²) in [7, 11) is 0. The second-order valence-electron chi connectivity index (χ2n) is 4.63. The highest BCUT2D eigenvalue weighted by molar-refractivity contribution is 5.94. The maximum atomic E-state index is 11.9. The van der Waals surface area contributed by atoms with E-state index in [0.717, 1.165) is 37.7 Å². The van der Waals surface area contributed by atoms with Gasteiger partial charge in [-0.15, -0.1) is 0 Å². The smallest absolute Gasteiger partial charge is 0.251 e. The second-order valence-corrected chi connectivity index (χ2v) is 4.63. The highest BCUT2D eigenvalue weighted by atomic mass is 16.2. The first-order chi connectivity index (χ1) is 9.27. The molecule has 1 aromatic carbocycles. The van der Waals surface area contributed by atoms with Gasteiger partial charge < -0.3 is 16.2 Å². The third-order valence-electron chi connectivity index (χ3n) is 2.98. The lowest BCUT2D eigenvalue weighted by Gasteiger charge is -2.07. The van der Waals surface area contributed by atoms with Crippen molar-refractivity contribution in [2.75, 3.05) is 19.7 Å². The van der Waals surface area contributed by atoms with Crippen LogP contribution in [-0.4, -0.2) is 30.7 Å². The number of aliphatic hydroxyl groups excluding tert-OH is 1. The number of benzene rings is 1. The minimum atomic E-state index is -0.0268. The second kappa shape index (κ2) is 9.53. The van der Waals surface area contributed by atoms with E-state index in [2.05, 4.69) is 5.32 Å². The normalized spacial score (nSPS) is 10.4. The standard InChI is InChI=1S/C15H24N2O2/c16-9-2-3-10-17-15(19)14-8-5-7-13(12-14)6-1-4-11-18/h5,7-8,12,18H,1-4,6,9-11,16H2,(H,17,19). The van der Waals surface area contributed by atoms with Crippen LogP contribution in [0.2, 0.25) is 0 Å². The van der Waals surface area contributed by atoms with Crippen molar-refractivity contribution in [1.82, 2.24) is 5.32 Å². The zero-order valence-corrected chi connectivity index (χ0v) is 11.4. The summed E-state index contributed by atoms with van der Waals surface area (Å²) in [4.78, 5) is 11.9. The van der Waals surface area contributed by atoms with Gasteiger partial charge in [0.1, 0.15) is 0 Å². The molecule has 1 rings (SSSR count). The van der Waals surface area contributed by atoms with Gasteiger partial charge in [-0.05, 0) is 56.3 Å². The summed E-state index contributed by atoms with van der Waals surface area (Å²) in [6.07, 6.45) is 4.49. The summed E-state index contributed by atoms with van der Waals surface area (Å²) in [5.41, 5.74) is 7.25. The van der Waals surface area contributed by atoms with Crippen LogP contribution < -0.4 is 11.1 Å². The molecule has 0 spiro atoms. The molecular weight excluding hydrogens is 240 g/mol. The van der Waals surface area contributed by atoms with Crippen LogP contribution in [0.25, 0.3) is 0 Å². The lowest BCUT2D eigenvalue weighted by Crippen LogP contribution is -2.24. The molecule has 0 aliphatic carbocycles. The highest BCUT2D eigenvalue weighted by Crippen LogP contribution is 2.08. The molecule has 0 fully saturated rings. The molecule has 4 nitrogen and oxygen atoms in total. The van der Waals surface area contributed by atoms with E-state index >= 15 is 0 Å². The maximum Gasteiger partial charge on any atom is 0.251 e. The molecule has 106 valence electrons. The Labute approximate surface area is 115 Å². The summed E-state index contributed by atoms with van der Waals surface area (Å²) in [5, 5.41) is 11.6. The van der Waals surface area contributed by atoms with Gasteiger partial charge >= 0.3 is 0 Å². The zero-order valence-electron chi connectivity index (χ0n) is 11.4. The Kier molecular flexibility index (Phi) is 7.86. The molecule has 0 aromatic heterocycles. The summed E-state index contributed by atoms with van der Waals surface area (Å²) < 4.78 is 0. The molecule has 1 aromatic rings. The van der Waals surface area contributed by atoms with E-state index in [1.165, 1.54) is 0 Å². The SMILES string of the molecule is NCCCCNC(=O)c1cccc(CCCCO)c1. The van der Waals surface area contributed by atoms with Gasteiger partial charge in [0.05, 0.1) is 0 Å². The molecule has 4 heteroatoms. The first-order valence-corrected chi connectivity index (χ1v) is 6.96. The van der Waals surface area contributed by atoms with Gasteiger partial charge in [-0.2, -0.15) is 0 Å². The number of amides is 1. The summed E-state index contributed by atoms with van der Waals surface area (Å²) in [6, 6.07) is 7.68. The fourth-order valence-corrected chi connectivity index (χ4v) is 1.88. The van der Waals surface area contributed by atoms with Crippen molar-refractivity contribution in [2.45, 2.75) is 32.1 Å². The van der Waals surface area contributed by atoms with Crippen LogP contribution in [-0.2, 0) is 6.42 Å². The zero-order chi connectivity index (χ0) is 13.9. The number of aryl methyl sites for hydroxylation is 1. The third-order valence-corrected chi connectivity index (χ3v) is 2.98. The first kappa shape index (κ1) is 15.7. The maximum absolute atomic E-state index is 11.9. The van der Waals surface area contributed by atoms with Gasteiger partial charge in [-0.25, -0.2) is 0 Å². The topological polar surface area (TPSA) is 75.3 Å². The van der Waals surface area contributed by atoms with Gasteiger partial charge in [0.25, 0.3) is 5.91 Å². The Balaban J connectivity index is 2.43. The number of nitrogens with one attached hydrogen (secondary N) is 1. The van der Waals surface area contributed by atoms with Crippen molar-refractivity contribution in [3.8, 4) is 0 Å². The Morgan fingerprint density at radius 2 is 2.05 bits per heavy atom. The van der Waals surface area contributed by atoms with Crippen LogP contribution in [0.4, 0.5) is 0 Å². The fourth-order valence-electron chi connectivity index (χ4n) is 1.88. The van der Waals surface area contributed by atoms with Crippen molar-refractivity contribution >= 4 is 5.91 Å². The van der Waals surface area contributed by atoms with Crippen molar-refractivity contribution < 1.29 is 9.90 Å². The van der Waals surface area contributed by atoms with Crippen molar-refractivity contribution in [3.63, 3.8) is 0 Å².